The lowest BCUT2D eigenvalue weighted by Crippen LogP contribution is -2.53. The number of aliphatic hydroxyl groups is 1. The number of aryl methyl sites for hydroxylation is 1. The molecule has 1 fully saturated rings. The molecule has 8 nitrogen and oxygen atoms in total. The van der Waals surface area contributed by atoms with Gasteiger partial charge in [0.05, 0.1) is 17.2 Å². The van der Waals surface area contributed by atoms with Gasteiger partial charge in [0, 0.05) is 55.8 Å². The Morgan fingerprint density at radius 1 is 1.37 bits per heavy atom. The summed E-state index contributed by atoms with van der Waals surface area (Å²) in [4.78, 5) is 25.2. The molecule has 1 aliphatic heterocycles. The molecule has 0 unspecified atom stereocenters. The second kappa shape index (κ2) is 9.68. The summed E-state index contributed by atoms with van der Waals surface area (Å²) in [5.41, 5.74) is 13.6. The minimum Gasteiger partial charge on any atom is -0.388 e. The maximum Gasteiger partial charge on any atom is 0.239 e. The number of aromatic nitrogens is 2. The molecule has 5 N–H and O–H groups in total. The summed E-state index contributed by atoms with van der Waals surface area (Å²) in [6, 6.07) is 3.46. The van der Waals surface area contributed by atoms with E-state index < -0.39 is 11.6 Å². The van der Waals surface area contributed by atoms with Gasteiger partial charge in [0.2, 0.25) is 5.91 Å². The van der Waals surface area contributed by atoms with Crippen molar-refractivity contribution in [3.63, 3.8) is 0 Å². The van der Waals surface area contributed by atoms with Gasteiger partial charge in [0.15, 0.2) is 0 Å². The number of hydrogen-bond donors (Lipinski definition) is 3. The standard InChI is InChI=1S/C22H34N6O2/c1-16-13-20(17-14-25-10-6-19(17)26-16)28-11-7-22(30,8-12-28)15-27(2)21(29)18(24)5-3-4-9-23/h6,10,13-14,18,30H,3-5,7-9,11-12,15,23-24H2,1-2H3/t18-/m0/s1. The molecule has 2 aromatic rings. The number of anilines is 1. The molecule has 0 bridgehead atoms. The molecule has 164 valence electrons. The van der Waals surface area contributed by atoms with Crippen LogP contribution in [0.15, 0.2) is 24.5 Å². The van der Waals surface area contributed by atoms with Crippen molar-refractivity contribution in [2.24, 2.45) is 11.5 Å². The number of carbonyl (C=O) groups excluding carboxylic acids is 1. The van der Waals surface area contributed by atoms with Gasteiger partial charge < -0.3 is 26.4 Å². The van der Waals surface area contributed by atoms with Crippen molar-refractivity contribution < 1.29 is 9.90 Å². The third kappa shape index (κ3) is 5.24. The number of nitrogens with zero attached hydrogens (tertiary/aromatic N) is 4. The molecule has 1 atom stereocenters. The number of nitrogens with two attached hydrogens (primary N) is 2. The van der Waals surface area contributed by atoms with Crippen LogP contribution < -0.4 is 16.4 Å². The van der Waals surface area contributed by atoms with Gasteiger partial charge in [-0.25, -0.2) is 0 Å². The first-order chi connectivity index (χ1) is 14.3. The zero-order chi connectivity index (χ0) is 21.7. The molecule has 3 rings (SSSR count). The monoisotopic (exact) mass is 414 g/mol. The number of rotatable bonds is 8. The Balaban J connectivity index is 1.61. The number of piperidine rings is 1. The number of fused-ring (bicyclic) bond motifs is 1. The minimum atomic E-state index is -0.909. The second-order valence-corrected chi connectivity index (χ2v) is 8.47. The first kappa shape index (κ1) is 22.4. The van der Waals surface area contributed by atoms with Crippen molar-refractivity contribution >= 4 is 22.5 Å². The van der Waals surface area contributed by atoms with Crippen molar-refractivity contribution in [2.45, 2.75) is 50.7 Å². The van der Waals surface area contributed by atoms with E-state index in [1.54, 1.807) is 18.1 Å². The molecule has 0 aromatic carbocycles. The molecular formula is C22H34N6O2. The van der Waals surface area contributed by atoms with Crippen LogP contribution in [0.2, 0.25) is 0 Å². The van der Waals surface area contributed by atoms with Gasteiger partial charge in [0.1, 0.15) is 0 Å². The van der Waals surface area contributed by atoms with Crippen molar-refractivity contribution in [1.82, 2.24) is 14.9 Å². The van der Waals surface area contributed by atoms with Crippen molar-refractivity contribution in [2.75, 3.05) is 38.1 Å². The summed E-state index contributed by atoms with van der Waals surface area (Å²) in [6.07, 6.45) is 7.08. The van der Waals surface area contributed by atoms with Gasteiger partial charge in [-0.3, -0.25) is 14.8 Å². The van der Waals surface area contributed by atoms with Crippen LogP contribution in [0.5, 0.6) is 0 Å². The molecule has 3 heterocycles. The summed E-state index contributed by atoms with van der Waals surface area (Å²) >= 11 is 0. The van der Waals surface area contributed by atoms with E-state index >= 15 is 0 Å². The van der Waals surface area contributed by atoms with Crippen LogP contribution in [-0.4, -0.2) is 70.8 Å². The predicted octanol–water partition coefficient (Wildman–Crippen LogP) is 1.18. The molecule has 0 aliphatic carbocycles. The minimum absolute atomic E-state index is 0.121. The highest BCUT2D eigenvalue weighted by atomic mass is 16.3. The van der Waals surface area contributed by atoms with Crippen LogP contribution >= 0.6 is 0 Å². The van der Waals surface area contributed by atoms with Crippen molar-refractivity contribution in [3.05, 3.63) is 30.2 Å². The van der Waals surface area contributed by atoms with Crippen LogP contribution in [0.1, 0.15) is 37.8 Å². The second-order valence-electron chi connectivity index (χ2n) is 8.47. The summed E-state index contributed by atoms with van der Waals surface area (Å²) < 4.78 is 0. The van der Waals surface area contributed by atoms with Crippen LogP contribution in [0.3, 0.4) is 0 Å². The van der Waals surface area contributed by atoms with E-state index in [2.05, 4.69) is 20.9 Å². The van der Waals surface area contributed by atoms with Gasteiger partial charge in [-0.1, -0.05) is 6.42 Å². The molecule has 0 spiro atoms. The fourth-order valence-electron chi connectivity index (χ4n) is 4.20. The van der Waals surface area contributed by atoms with E-state index in [1.165, 1.54) is 0 Å². The summed E-state index contributed by atoms with van der Waals surface area (Å²) in [5.74, 6) is -0.121. The molecule has 0 saturated carbocycles. The van der Waals surface area contributed by atoms with Gasteiger partial charge in [-0.2, -0.15) is 0 Å². The number of unbranched alkanes of at least 4 members (excludes halogenated alkanes) is 1. The Morgan fingerprint density at radius 2 is 2.10 bits per heavy atom. The largest absolute Gasteiger partial charge is 0.388 e. The zero-order valence-electron chi connectivity index (χ0n) is 18.0. The van der Waals surface area contributed by atoms with Crippen LogP contribution in [0.4, 0.5) is 5.69 Å². The Labute approximate surface area is 178 Å². The molecule has 0 radical (unpaired) electrons. The molecule has 1 saturated heterocycles. The van der Waals surface area contributed by atoms with Crippen LogP contribution in [-0.2, 0) is 4.79 Å². The van der Waals surface area contributed by atoms with Crippen molar-refractivity contribution in [1.29, 1.82) is 0 Å². The average Bonchev–Trinajstić information content (AvgIpc) is 2.73. The lowest BCUT2D eigenvalue weighted by atomic mass is 9.90. The maximum atomic E-state index is 12.6. The van der Waals surface area contributed by atoms with E-state index in [1.807, 2.05) is 19.2 Å². The van der Waals surface area contributed by atoms with Gasteiger partial charge >= 0.3 is 0 Å². The Hall–Kier alpha value is -2.29. The molecule has 30 heavy (non-hydrogen) atoms. The number of amides is 1. The molecule has 2 aromatic heterocycles. The number of pyridine rings is 2. The lowest BCUT2D eigenvalue weighted by molar-refractivity contribution is -0.135. The topological polar surface area (TPSA) is 122 Å². The van der Waals surface area contributed by atoms with Gasteiger partial charge in [-0.05, 0) is 51.3 Å². The fraction of sp³-hybridized carbons (Fsp3) is 0.591. The highest BCUT2D eigenvalue weighted by molar-refractivity contribution is 5.91. The third-order valence-electron chi connectivity index (χ3n) is 5.95. The Kier molecular flexibility index (Phi) is 7.23. The number of carbonyl (C=O) groups is 1. The van der Waals surface area contributed by atoms with E-state index in [0.29, 0.717) is 45.4 Å². The highest BCUT2D eigenvalue weighted by Gasteiger charge is 2.35. The SMILES string of the molecule is Cc1cc(N2CCC(O)(CN(C)C(=O)[C@@H](N)CCCCN)CC2)c2cnccc2n1. The van der Waals surface area contributed by atoms with E-state index in [9.17, 15) is 9.90 Å². The lowest BCUT2D eigenvalue weighted by Gasteiger charge is -2.41. The summed E-state index contributed by atoms with van der Waals surface area (Å²) in [6.45, 7) is 4.29. The maximum absolute atomic E-state index is 12.6. The number of likely N-dealkylation sites (N-methyl/N-ethyl adjacent to an activating group) is 1. The fourth-order valence-corrected chi connectivity index (χ4v) is 4.20. The van der Waals surface area contributed by atoms with Crippen LogP contribution in [0, 0.1) is 6.92 Å². The quantitative estimate of drug-likeness (QED) is 0.555. The predicted molar refractivity (Wildman–Crippen MR) is 119 cm³/mol. The van der Waals surface area contributed by atoms with E-state index in [0.717, 1.165) is 35.1 Å². The first-order valence-corrected chi connectivity index (χ1v) is 10.7. The first-order valence-electron chi connectivity index (χ1n) is 10.7. The molecular weight excluding hydrogens is 380 g/mol. The number of hydrogen-bond acceptors (Lipinski definition) is 7. The van der Waals surface area contributed by atoms with E-state index in [4.69, 9.17) is 11.5 Å². The smallest absolute Gasteiger partial charge is 0.239 e. The zero-order valence-corrected chi connectivity index (χ0v) is 18.0. The molecule has 1 aliphatic rings. The average molecular weight is 415 g/mol. The van der Waals surface area contributed by atoms with Crippen molar-refractivity contribution in [3.8, 4) is 0 Å². The summed E-state index contributed by atoms with van der Waals surface area (Å²) in [5, 5.41) is 12.1. The van der Waals surface area contributed by atoms with Crippen LogP contribution in [0.25, 0.3) is 10.9 Å². The normalized spacial score (nSPS) is 17.2. The van der Waals surface area contributed by atoms with Gasteiger partial charge in [-0.15, -0.1) is 0 Å². The third-order valence-corrected chi connectivity index (χ3v) is 5.95. The van der Waals surface area contributed by atoms with Gasteiger partial charge in [0.25, 0.3) is 0 Å². The Bertz CT molecular complexity index is 866. The highest BCUT2D eigenvalue weighted by Crippen LogP contribution is 2.31. The Morgan fingerprint density at radius 3 is 2.80 bits per heavy atom. The summed E-state index contributed by atoms with van der Waals surface area (Å²) in [7, 11) is 1.72. The molecule has 8 heteroatoms. The van der Waals surface area contributed by atoms with E-state index in [-0.39, 0.29) is 5.91 Å². The molecule has 1 amide bonds.